The second-order valence-corrected chi connectivity index (χ2v) is 5.94. The van der Waals surface area contributed by atoms with Gasteiger partial charge in [0, 0.05) is 10.6 Å². The SMILES string of the molecule is Cc1c(C(O)O)cc(Cl)c2c1C(C)(C)CCC2. The fourth-order valence-electron chi connectivity index (χ4n) is 3.08. The molecule has 0 radical (unpaired) electrons. The van der Waals surface area contributed by atoms with Crippen LogP contribution in [0.3, 0.4) is 0 Å². The van der Waals surface area contributed by atoms with Gasteiger partial charge >= 0.3 is 0 Å². The predicted octanol–water partition coefficient (Wildman–Crippen LogP) is 3.25. The van der Waals surface area contributed by atoms with Crippen LogP contribution in [0.2, 0.25) is 5.02 Å². The molecule has 2 N–H and O–H groups in total. The Labute approximate surface area is 107 Å². The topological polar surface area (TPSA) is 40.5 Å². The van der Waals surface area contributed by atoms with Crippen LogP contribution < -0.4 is 0 Å². The van der Waals surface area contributed by atoms with Crippen molar-refractivity contribution in [3.63, 3.8) is 0 Å². The normalized spacial score (nSPS) is 18.3. The van der Waals surface area contributed by atoms with E-state index >= 15 is 0 Å². The molecule has 0 aromatic heterocycles. The summed E-state index contributed by atoms with van der Waals surface area (Å²) >= 11 is 6.27. The Morgan fingerprint density at radius 1 is 1.35 bits per heavy atom. The molecule has 1 aromatic rings. The molecule has 0 unspecified atom stereocenters. The highest BCUT2D eigenvalue weighted by molar-refractivity contribution is 6.31. The number of halogens is 1. The van der Waals surface area contributed by atoms with Crippen molar-refractivity contribution >= 4 is 11.6 Å². The molecule has 0 spiro atoms. The quantitative estimate of drug-likeness (QED) is 0.756. The van der Waals surface area contributed by atoms with Crippen LogP contribution in [0.15, 0.2) is 6.07 Å². The van der Waals surface area contributed by atoms with E-state index in [0.29, 0.717) is 10.6 Å². The van der Waals surface area contributed by atoms with Gasteiger partial charge in [-0.2, -0.15) is 0 Å². The van der Waals surface area contributed by atoms with Gasteiger partial charge in [-0.1, -0.05) is 25.4 Å². The van der Waals surface area contributed by atoms with E-state index in [1.807, 2.05) is 6.92 Å². The molecule has 17 heavy (non-hydrogen) atoms. The lowest BCUT2D eigenvalue weighted by molar-refractivity contribution is -0.0430. The average Bonchev–Trinajstić information content (AvgIpc) is 2.21. The Morgan fingerprint density at radius 2 is 2.00 bits per heavy atom. The zero-order valence-corrected chi connectivity index (χ0v) is 11.3. The first-order valence-corrected chi connectivity index (χ1v) is 6.41. The molecule has 94 valence electrons. The zero-order valence-electron chi connectivity index (χ0n) is 10.5. The number of aliphatic hydroxyl groups excluding tert-OH is 1. The first-order valence-electron chi connectivity index (χ1n) is 6.03. The molecule has 0 fully saturated rings. The van der Waals surface area contributed by atoms with Crippen molar-refractivity contribution in [3.8, 4) is 0 Å². The van der Waals surface area contributed by atoms with Crippen LogP contribution in [-0.2, 0) is 11.8 Å². The maximum absolute atomic E-state index is 9.40. The van der Waals surface area contributed by atoms with Gasteiger partial charge in [-0.25, -0.2) is 0 Å². The number of rotatable bonds is 1. The van der Waals surface area contributed by atoms with E-state index in [4.69, 9.17) is 11.6 Å². The van der Waals surface area contributed by atoms with Crippen LogP contribution in [0.25, 0.3) is 0 Å². The molecule has 1 aliphatic rings. The van der Waals surface area contributed by atoms with Crippen molar-refractivity contribution in [2.24, 2.45) is 0 Å². The lowest BCUT2D eigenvalue weighted by Gasteiger charge is -2.35. The molecule has 2 rings (SSSR count). The van der Waals surface area contributed by atoms with E-state index in [0.717, 1.165) is 24.8 Å². The molecule has 1 aliphatic carbocycles. The Morgan fingerprint density at radius 3 is 2.59 bits per heavy atom. The van der Waals surface area contributed by atoms with E-state index in [-0.39, 0.29) is 5.41 Å². The Balaban J connectivity index is 2.72. The fraction of sp³-hybridized carbons (Fsp3) is 0.571. The molecule has 3 heteroatoms. The Bertz CT molecular complexity index is 450. The summed E-state index contributed by atoms with van der Waals surface area (Å²) in [6.45, 7) is 6.35. The van der Waals surface area contributed by atoms with Gasteiger partial charge in [0.25, 0.3) is 0 Å². The molecule has 0 saturated heterocycles. The van der Waals surface area contributed by atoms with Gasteiger partial charge in [0.2, 0.25) is 0 Å². The van der Waals surface area contributed by atoms with Gasteiger partial charge in [-0.15, -0.1) is 0 Å². The summed E-state index contributed by atoms with van der Waals surface area (Å²) in [4.78, 5) is 0. The summed E-state index contributed by atoms with van der Waals surface area (Å²) in [7, 11) is 0. The first kappa shape index (κ1) is 12.9. The predicted molar refractivity (Wildman–Crippen MR) is 69.3 cm³/mol. The number of hydrogen-bond donors (Lipinski definition) is 2. The van der Waals surface area contributed by atoms with E-state index in [2.05, 4.69) is 13.8 Å². The van der Waals surface area contributed by atoms with Crippen LogP contribution in [0.1, 0.15) is 55.2 Å². The number of fused-ring (bicyclic) bond motifs is 1. The van der Waals surface area contributed by atoms with Gasteiger partial charge in [0.05, 0.1) is 0 Å². The van der Waals surface area contributed by atoms with Gasteiger partial charge in [0.1, 0.15) is 0 Å². The van der Waals surface area contributed by atoms with E-state index in [1.54, 1.807) is 6.07 Å². The fourth-order valence-corrected chi connectivity index (χ4v) is 3.39. The third-order valence-electron chi connectivity index (χ3n) is 3.86. The minimum Gasteiger partial charge on any atom is -0.364 e. The first-order chi connectivity index (χ1) is 7.84. The average molecular weight is 255 g/mol. The summed E-state index contributed by atoms with van der Waals surface area (Å²) in [6.07, 6.45) is 1.79. The third-order valence-corrected chi connectivity index (χ3v) is 4.20. The highest BCUT2D eigenvalue weighted by atomic mass is 35.5. The van der Waals surface area contributed by atoms with Crippen molar-refractivity contribution in [1.82, 2.24) is 0 Å². The second kappa shape index (κ2) is 4.27. The highest BCUT2D eigenvalue weighted by Crippen LogP contribution is 2.43. The monoisotopic (exact) mass is 254 g/mol. The molecule has 0 atom stereocenters. The summed E-state index contributed by atoms with van der Waals surface area (Å²) in [5, 5.41) is 19.5. The lowest BCUT2D eigenvalue weighted by Crippen LogP contribution is -2.26. The molecule has 0 amide bonds. The lowest BCUT2D eigenvalue weighted by atomic mass is 9.70. The molecular weight excluding hydrogens is 236 g/mol. The van der Waals surface area contributed by atoms with Gasteiger partial charge in [-0.05, 0) is 54.4 Å². The van der Waals surface area contributed by atoms with Crippen molar-refractivity contribution in [2.75, 3.05) is 0 Å². The molecule has 0 saturated carbocycles. The van der Waals surface area contributed by atoms with Crippen LogP contribution in [0, 0.1) is 6.92 Å². The van der Waals surface area contributed by atoms with Crippen molar-refractivity contribution < 1.29 is 10.2 Å². The summed E-state index contributed by atoms with van der Waals surface area (Å²) in [6, 6.07) is 1.70. The largest absolute Gasteiger partial charge is 0.364 e. The highest BCUT2D eigenvalue weighted by Gasteiger charge is 2.32. The van der Waals surface area contributed by atoms with Crippen molar-refractivity contribution in [3.05, 3.63) is 33.3 Å². The third kappa shape index (κ3) is 2.10. The van der Waals surface area contributed by atoms with Crippen LogP contribution >= 0.6 is 11.6 Å². The molecule has 0 bridgehead atoms. The summed E-state index contributed by atoms with van der Waals surface area (Å²) in [5.41, 5.74) is 3.96. The number of aliphatic hydroxyl groups is 2. The molecule has 2 nitrogen and oxygen atoms in total. The van der Waals surface area contributed by atoms with Crippen molar-refractivity contribution in [2.45, 2.75) is 51.7 Å². The summed E-state index contributed by atoms with van der Waals surface area (Å²) < 4.78 is 0. The molecular formula is C14H19ClO2. The second-order valence-electron chi connectivity index (χ2n) is 5.54. The Kier molecular flexibility index (Phi) is 3.23. The van der Waals surface area contributed by atoms with E-state index in [9.17, 15) is 10.2 Å². The molecule has 0 heterocycles. The maximum atomic E-state index is 9.40. The Hall–Kier alpha value is -0.570. The number of benzene rings is 1. The molecule has 0 aliphatic heterocycles. The van der Waals surface area contributed by atoms with E-state index < -0.39 is 6.29 Å². The zero-order chi connectivity index (χ0) is 12.8. The minimum absolute atomic E-state index is 0.0617. The van der Waals surface area contributed by atoms with Crippen LogP contribution in [-0.4, -0.2) is 10.2 Å². The smallest absolute Gasteiger partial charge is 0.178 e. The number of hydrogen-bond acceptors (Lipinski definition) is 2. The van der Waals surface area contributed by atoms with Gasteiger partial charge in [-0.3, -0.25) is 0 Å². The molecule has 1 aromatic carbocycles. The van der Waals surface area contributed by atoms with Gasteiger partial charge in [0.15, 0.2) is 6.29 Å². The standard InChI is InChI=1S/C14H19ClO2/c1-8-10(13(16)17)7-11(15)9-5-4-6-14(2,3)12(8)9/h7,13,16-17H,4-6H2,1-3H3. The maximum Gasteiger partial charge on any atom is 0.178 e. The van der Waals surface area contributed by atoms with Crippen LogP contribution in [0.4, 0.5) is 0 Å². The van der Waals surface area contributed by atoms with E-state index in [1.165, 1.54) is 11.1 Å². The van der Waals surface area contributed by atoms with Gasteiger partial charge < -0.3 is 10.2 Å². The summed E-state index contributed by atoms with van der Waals surface area (Å²) in [5.74, 6) is 0. The van der Waals surface area contributed by atoms with Crippen molar-refractivity contribution in [1.29, 1.82) is 0 Å². The van der Waals surface area contributed by atoms with Crippen LogP contribution in [0.5, 0.6) is 0 Å². The minimum atomic E-state index is -1.45.